The number of anilines is 1. The van der Waals surface area contributed by atoms with Gasteiger partial charge in [-0.15, -0.1) is 0 Å². The van der Waals surface area contributed by atoms with Crippen LogP contribution in [0.2, 0.25) is 0 Å². The molecule has 0 aliphatic heterocycles. The number of rotatable bonds is 5. The van der Waals surface area contributed by atoms with Gasteiger partial charge in [-0.2, -0.15) is 0 Å². The van der Waals surface area contributed by atoms with E-state index in [-0.39, 0.29) is 0 Å². The fourth-order valence-electron chi connectivity index (χ4n) is 8.24. The molecular formula is C48H38N6. The van der Waals surface area contributed by atoms with Gasteiger partial charge in [0.15, 0.2) is 0 Å². The summed E-state index contributed by atoms with van der Waals surface area (Å²) in [5.74, 6) is 0.737. The summed E-state index contributed by atoms with van der Waals surface area (Å²) >= 11 is 0. The van der Waals surface area contributed by atoms with E-state index >= 15 is 0 Å². The van der Waals surface area contributed by atoms with E-state index in [1.54, 1.807) is 0 Å². The van der Waals surface area contributed by atoms with Gasteiger partial charge in [0.1, 0.15) is 17.1 Å². The maximum absolute atomic E-state index is 6.82. The normalized spacial score (nSPS) is 12.1. The van der Waals surface area contributed by atoms with Gasteiger partial charge in [0.05, 0.1) is 16.6 Å². The number of aryl methyl sites for hydroxylation is 3. The first-order valence-corrected chi connectivity index (χ1v) is 18.4. The van der Waals surface area contributed by atoms with E-state index in [4.69, 9.17) is 15.7 Å². The van der Waals surface area contributed by atoms with Gasteiger partial charge >= 0.3 is 0 Å². The summed E-state index contributed by atoms with van der Waals surface area (Å²) in [7, 11) is 0. The lowest BCUT2D eigenvalue weighted by molar-refractivity contribution is 1.12. The van der Waals surface area contributed by atoms with Crippen molar-refractivity contribution < 1.29 is 0 Å². The van der Waals surface area contributed by atoms with Gasteiger partial charge in [-0.3, -0.25) is 13.7 Å². The van der Waals surface area contributed by atoms with Crippen LogP contribution in [0, 0.1) is 20.8 Å². The van der Waals surface area contributed by atoms with E-state index in [0.717, 1.165) is 89.1 Å². The molecule has 10 aromatic rings. The van der Waals surface area contributed by atoms with Crippen LogP contribution in [-0.2, 0) is 0 Å². The lowest BCUT2D eigenvalue weighted by Crippen LogP contribution is -2.00. The van der Waals surface area contributed by atoms with Crippen LogP contribution in [0.3, 0.4) is 0 Å². The number of fused-ring (bicyclic) bond motifs is 7. The van der Waals surface area contributed by atoms with Crippen LogP contribution in [0.15, 0.2) is 140 Å². The Labute approximate surface area is 313 Å². The molecule has 5 aromatic carbocycles. The predicted octanol–water partition coefficient (Wildman–Crippen LogP) is 11.8. The standard InChI is InChI=1S/C48H38N6/c1-5-7-37-40-26-33(14-21-43(40)52(46(37)49)34-15-9-29(2)10-16-34)32-12-17-35(18-13-32)53-45-22-19-36(27-41(45)38-8-6-23-50-47(38)53)54-44-20-11-30(3)24-39(44)42-25-31(4)28-51-48(42)54/h5-28H,49H2,1-4H3/b7-5-. The third-order valence-corrected chi connectivity index (χ3v) is 10.8. The number of benzene rings is 5. The highest BCUT2D eigenvalue weighted by molar-refractivity contribution is 6.11. The SMILES string of the molecule is C/C=C\c1c(N)n(-c2ccc(C)cc2)c2ccc(-c3ccc(-n4c5ccc(-n6c7ccc(C)cc7c7cc(C)cnc76)cc5c5cccnc54)cc3)cc12. The van der Waals surface area contributed by atoms with Gasteiger partial charge in [0.25, 0.3) is 0 Å². The second-order valence-corrected chi connectivity index (χ2v) is 14.4. The molecule has 5 heterocycles. The third-order valence-electron chi connectivity index (χ3n) is 10.8. The first-order chi connectivity index (χ1) is 26.4. The van der Waals surface area contributed by atoms with Crippen molar-refractivity contribution >= 4 is 66.7 Å². The zero-order valence-corrected chi connectivity index (χ0v) is 30.7. The number of aromatic nitrogens is 5. The van der Waals surface area contributed by atoms with Gasteiger partial charge in [0.2, 0.25) is 0 Å². The average Bonchev–Trinajstić information content (AvgIpc) is 3.79. The number of pyridine rings is 2. The van der Waals surface area contributed by atoms with E-state index in [1.165, 1.54) is 21.9 Å². The Bertz CT molecular complexity index is 3080. The van der Waals surface area contributed by atoms with E-state index in [2.05, 4.69) is 162 Å². The Morgan fingerprint density at radius 2 is 1.09 bits per heavy atom. The largest absolute Gasteiger partial charge is 0.384 e. The van der Waals surface area contributed by atoms with Crippen molar-refractivity contribution in [2.45, 2.75) is 27.7 Å². The molecular weight excluding hydrogens is 661 g/mol. The summed E-state index contributed by atoms with van der Waals surface area (Å²) in [4.78, 5) is 9.85. The fraction of sp³-hybridized carbons (Fsp3) is 0.0833. The molecule has 0 fully saturated rings. The third kappa shape index (κ3) is 4.80. The van der Waals surface area contributed by atoms with Crippen LogP contribution in [0.25, 0.3) is 89.0 Å². The molecule has 0 aliphatic carbocycles. The minimum atomic E-state index is 0.737. The Hall–Kier alpha value is -6.92. The summed E-state index contributed by atoms with van der Waals surface area (Å²) in [5, 5.41) is 5.76. The van der Waals surface area contributed by atoms with Gasteiger partial charge in [0, 0.05) is 62.0 Å². The smallest absolute Gasteiger partial charge is 0.145 e. The number of hydrogen-bond donors (Lipinski definition) is 1. The van der Waals surface area contributed by atoms with Crippen molar-refractivity contribution in [3.8, 4) is 28.2 Å². The van der Waals surface area contributed by atoms with Crippen molar-refractivity contribution in [3.05, 3.63) is 162 Å². The van der Waals surface area contributed by atoms with Crippen molar-refractivity contribution in [2.24, 2.45) is 0 Å². The van der Waals surface area contributed by atoms with Gasteiger partial charge in [-0.05, 0) is 129 Å². The fourth-order valence-corrected chi connectivity index (χ4v) is 8.24. The van der Waals surface area contributed by atoms with Crippen molar-refractivity contribution in [3.63, 3.8) is 0 Å². The quantitative estimate of drug-likeness (QED) is 0.195. The molecule has 5 aromatic heterocycles. The first-order valence-electron chi connectivity index (χ1n) is 18.4. The number of nitrogens with two attached hydrogens (primary N) is 1. The summed E-state index contributed by atoms with van der Waals surface area (Å²) in [5.41, 5.74) is 22.1. The maximum atomic E-state index is 6.82. The molecule has 0 amide bonds. The molecule has 2 N–H and O–H groups in total. The summed E-state index contributed by atoms with van der Waals surface area (Å²) in [6, 6.07) is 43.8. The average molecular weight is 699 g/mol. The first kappa shape index (κ1) is 31.8. The van der Waals surface area contributed by atoms with Crippen LogP contribution < -0.4 is 5.73 Å². The highest BCUT2D eigenvalue weighted by atomic mass is 15.1. The second kappa shape index (κ2) is 12.1. The lowest BCUT2D eigenvalue weighted by atomic mass is 10.0. The number of allylic oxidation sites excluding steroid dienone is 1. The topological polar surface area (TPSA) is 66.6 Å². The maximum Gasteiger partial charge on any atom is 0.145 e. The van der Waals surface area contributed by atoms with Crippen LogP contribution in [0.5, 0.6) is 0 Å². The van der Waals surface area contributed by atoms with E-state index in [0.29, 0.717) is 0 Å². The predicted molar refractivity (Wildman–Crippen MR) is 226 cm³/mol. The van der Waals surface area contributed by atoms with Gasteiger partial charge in [-0.25, -0.2) is 9.97 Å². The molecule has 0 unspecified atom stereocenters. The van der Waals surface area contributed by atoms with Crippen molar-refractivity contribution in [1.82, 2.24) is 23.7 Å². The molecule has 0 radical (unpaired) electrons. The molecule has 6 nitrogen and oxygen atoms in total. The number of nitrogen functional groups attached to an aromatic ring is 1. The molecule has 0 bridgehead atoms. The Kier molecular flexibility index (Phi) is 7.11. The summed E-state index contributed by atoms with van der Waals surface area (Å²) in [6.07, 6.45) is 7.99. The number of hydrogen-bond acceptors (Lipinski definition) is 3. The summed E-state index contributed by atoms with van der Waals surface area (Å²) < 4.78 is 6.71. The molecule has 54 heavy (non-hydrogen) atoms. The summed E-state index contributed by atoms with van der Waals surface area (Å²) in [6.45, 7) is 8.38. The van der Waals surface area contributed by atoms with Crippen molar-refractivity contribution in [1.29, 1.82) is 0 Å². The number of nitrogens with zero attached hydrogens (tertiary/aromatic N) is 5. The van der Waals surface area contributed by atoms with Gasteiger partial charge < -0.3 is 5.73 Å². The Morgan fingerprint density at radius 3 is 1.89 bits per heavy atom. The molecule has 0 atom stereocenters. The molecule has 0 spiro atoms. The van der Waals surface area contributed by atoms with E-state index < -0.39 is 0 Å². The molecule has 0 saturated carbocycles. The van der Waals surface area contributed by atoms with Crippen LogP contribution >= 0.6 is 0 Å². The van der Waals surface area contributed by atoms with Crippen LogP contribution in [-0.4, -0.2) is 23.7 Å². The van der Waals surface area contributed by atoms with E-state index in [9.17, 15) is 0 Å². The molecule has 0 saturated heterocycles. The minimum Gasteiger partial charge on any atom is -0.384 e. The molecule has 0 aliphatic rings. The lowest BCUT2D eigenvalue weighted by Gasteiger charge is -2.11. The zero-order chi connectivity index (χ0) is 36.7. The van der Waals surface area contributed by atoms with Crippen molar-refractivity contribution in [2.75, 3.05) is 5.73 Å². The Balaban J connectivity index is 1.09. The highest BCUT2D eigenvalue weighted by Gasteiger charge is 2.19. The molecule has 10 rings (SSSR count). The highest BCUT2D eigenvalue weighted by Crippen LogP contribution is 2.38. The monoisotopic (exact) mass is 698 g/mol. The molecule has 260 valence electrons. The second-order valence-electron chi connectivity index (χ2n) is 14.4. The zero-order valence-electron chi connectivity index (χ0n) is 30.7. The Morgan fingerprint density at radius 1 is 0.500 bits per heavy atom. The van der Waals surface area contributed by atoms with E-state index in [1.807, 2.05) is 25.4 Å². The van der Waals surface area contributed by atoms with Gasteiger partial charge in [-0.1, -0.05) is 59.7 Å². The van der Waals surface area contributed by atoms with Crippen LogP contribution in [0.4, 0.5) is 5.82 Å². The van der Waals surface area contributed by atoms with Crippen LogP contribution in [0.1, 0.15) is 29.2 Å². The molecule has 6 heteroatoms. The minimum absolute atomic E-state index is 0.737.